The number of hydrogen-bond donors (Lipinski definition) is 1. The third-order valence-electron chi connectivity index (χ3n) is 5.60. The summed E-state index contributed by atoms with van der Waals surface area (Å²) in [5.74, 6) is 0.375. The van der Waals surface area contributed by atoms with Crippen LogP contribution in [0.25, 0.3) is 0 Å². The number of benzene rings is 2. The summed E-state index contributed by atoms with van der Waals surface area (Å²) in [4.78, 5) is 19.0. The Balaban J connectivity index is 1.22. The van der Waals surface area contributed by atoms with E-state index in [4.69, 9.17) is 0 Å². The molecule has 1 amide bonds. The molecule has 1 aliphatic rings. The number of carbonyl (C=O) groups is 1. The second kappa shape index (κ2) is 8.44. The van der Waals surface area contributed by atoms with E-state index >= 15 is 0 Å². The van der Waals surface area contributed by atoms with Gasteiger partial charge < -0.3 is 10.2 Å². The Morgan fingerprint density at radius 1 is 0.935 bits per heavy atom. The van der Waals surface area contributed by atoms with Crippen molar-refractivity contribution in [3.05, 3.63) is 108 Å². The molecule has 2 aromatic carbocycles. The van der Waals surface area contributed by atoms with Crippen LogP contribution in [0.4, 0.5) is 11.5 Å². The van der Waals surface area contributed by atoms with Crippen LogP contribution in [0.15, 0.2) is 85.3 Å². The smallest absolute Gasteiger partial charge is 0.256 e. The molecular formula is C25H23N5O. The molecule has 0 saturated carbocycles. The molecule has 1 aliphatic heterocycles. The van der Waals surface area contributed by atoms with E-state index in [-0.39, 0.29) is 5.91 Å². The normalized spacial score (nSPS) is 13.0. The molecule has 0 bridgehead atoms. The van der Waals surface area contributed by atoms with E-state index in [0.29, 0.717) is 17.9 Å². The Bertz CT molecular complexity index is 1180. The average molecular weight is 409 g/mol. The number of carbonyl (C=O) groups excluding carboxylic acids is 1. The highest BCUT2D eigenvalue weighted by molar-refractivity contribution is 6.03. The number of pyridine rings is 1. The van der Waals surface area contributed by atoms with Gasteiger partial charge in [0.2, 0.25) is 0 Å². The fraction of sp³-hybridized carbons (Fsp3) is 0.160. The second-order valence-electron chi connectivity index (χ2n) is 7.70. The Labute approximate surface area is 181 Å². The highest BCUT2D eigenvalue weighted by Gasteiger charge is 2.16. The van der Waals surface area contributed by atoms with E-state index in [1.54, 1.807) is 23.1 Å². The molecule has 2 aromatic heterocycles. The van der Waals surface area contributed by atoms with Gasteiger partial charge in [0.05, 0.1) is 6.54 Å². The number of nitrogens with zero attached hydrogens (tertiary/aromatic N) is 4. The maximum absolute atomic E-state index is 12.7. The maximum Gasteiger partial charge on any atom is 0.256 e. The summed E-state index contributed by atoms with van der Waals surface area (Å²) >= 11 is 0. The van der Waals surface area contributed by atoms with Crippen LogP contribution in [0.2, 0.25) is 0 Å². The molecular weight excluding hydrogens is 386 g/mol. The number of fused-ring (bicyclic) bond motifs is 1. The lowest BCUT2D eigenvalue weighted by molar-refractivity contribution is 0.102. The zero-order valence-electron chi connectivity index (χ0n) is 17.1. The fourth-order valence-corrected chi connectivity index (χ4v) is 3.92. The second-order valence-corrected chi connectivity index (χ2v) is 7.70. The summed E-state index contributed by atoms with van der Waals surface area (Å²) in [6.07, 6.45) is 6.41. The van der Waals surface area contributed by atoms with Gasteiger partial charge in [-0.05, 0) is 59.5 Å². The maximum atomic E-state index is 12.7. The van der Waals surface area contributed by atoms with Gasteiger partial charge in [-0.15, -0.1) is 0 Å². The number of rotatable bonds is 5. The molecule has 5 rings (SSSR count). The van der Waals surface area contributed by atoms with E-state index < -0.39 is 0 Å². The lowest BCUT2D eigenvalue weighted by Crippen LogP contribution is -2.30. The summed E-state index contributed by atoms with van der Waals surface area (Å²) < 4.78 is 1.79. The third kappa shape index (κ3) is 4.33. The van der Waals surface area contributed by atoms with Gasteiger partial charge in [0, 0.05) is 49.0 Å². The van der Waals surface area contributed by atoms with Crippen molar-refractivity contribution in [3.8, 4) is 0 Å². The highest BCUT2D eigenvalue weighted by atomic mass is 16.1. The van der Waals surface area contributed by atoms with Crippen LogP contribution in [0, 0.1) is 0 Å². The Morgan fingerprint density at radius 3 is 2.52 bits per heavy atom. The number of amides is 1. The Hall–Kier alpha value is -3.93. The Morgan fingerprint density at radius 2 is 1.71 bits per heavy atom. The lowest BCUT2D eigenvalue weighted by Gasteiger charge is -2.30. The number of hydrogen-bond acceptors (Lipinski definition) is 4. The van der Waals surface area contributed by atoms with Crippen molar-refractivity contribution in [1.82, 2.24) is 14.8 Å². The molecule has 31 heavy (non-hydrogen) atoms. The van der Waals surface area contributed by atoms with Crippen LogP contribution in [0.1, 0.15) is 27.0 Å². The van der Waals surface area contributed by atoms with Gasteiger partial charge in [-0.2, -0.15) is 5.10 Å². The van der Waals surface area contributed by atoms with E-state index in [1.807, 2.05) is 42.6 Å². The SMILES string of the molecule is O=C(Nc1ccn(Cc2ccncc2)n1)c1ccc(N2CCc3ccccc3C2)cc1. The summed E-state index contributed by atoms with van der Waals surface area (Å²) in [6, 6.07) is 22.1. The van der Waals surface area contributed by atoms with Crippen molar-refractivity contribution < 1.29 is 4.79 Å². The molecule has 0 spiro atoms. The molecule has 0 radical (unpaired) electrons. The molecule has 0 aliphatic carbocycles. The van der Waals surface area contributed by atoms with Crippen LogP contribution in [-0.2, 0) is 19.5 Å². The van der Waals surface area contributed by atoms with Crippen LogP contribution in [0.3, 0.4) is 0 Å². The van der Waals surface area contributed by atoms with E-state index in [9.17, 15) is 4.79 Å². The first-order valence-corrected chi connectivity index (χ1v) is 10.4. The first-order chi connectivity index (χ1) is 15.2. The summed E-state index contributed by atoms with van der Waals surface area (Å²) in [6.45, 7) is 2.51. The monoisotopic (exact) mass is 409 g/mol. The zero-order valence-corrected chi connectivity index (χ0v) is 17.1. The first-order valence-electron chi connectivity index (χ1n) is 10.4. The van der Waals surface area contributed by atoms with E-state index in [1.165, 1.54) is 11.1 Å². The molecule has 4 aromatic rings. The van der Waals surface area contributed by atoms with Crippen molar-refractivity contribution in [2.24, 2.45) is 0 Å². The fourth-order valence-electron chi connectivity index (χ4n) is 3.92. The van der Waals surface area contributed by atoms with Crippen LogP contribution in [-0.4, -0.2) is 27.2 Å². The van der Waals surface area contributed by atoms with Crippen molar-refractivity contribution in [2.45, 2.75) is 19.5 Å². The molecule has 0 atom stereocenters. The summed E-state index contributed by atoms with van der Waals surface area (Å²) in [5, 5.41) is 7.32. The average Bonchev–Trinajstić information content (AvgIpc) is 3.26. The molecule has 154 valence electrons. The van der Waals surface area contributed by atoms with Crippen LogP contribution >= 0.6 is 0 Å². The van der Waals surface area contributed by atoms with Gasteiger partial charge in [-0.1, -0.05) is 24.3 Å². The summed E-state index contributed by atoms with van der Waals surface area (Å²) in [7, 11) is 0. The topological polar surface area (TPSA) is 63.1 Å². The molecule has 0 fully saturated rings. The van der Waals surface area contributed by atoms with Crippen LogP contribution < -0.4 is 10.2 Å². The van der Waals surface area contributed by atoms with Crippen molar-refractivity contribution >= 4 is 17.4 Å². The molecule has 6 nitrogen and oxygen atoms in total. The molecule has 1 N–H and O–H groups in total. The minimum atomic E-state index is -0.162. The van der Waals surface area contributed by atoms with Crippen LogP contribution in [0.5, 0.6) is 0 Å². The van der Waals surface area contributed by atoms with Gasteiger partial charge in [-0.3, -0.25) is 14.5 Å². The minimum absolute atomic E-state index is 0.162. The van der Waals surface area contributed by atoms with Gasteiger partial charge in [0.1, 0.15) is 0 Å². The van der Waals surface area contributed by atoms with E-state index in [2.05, 4.69) is 44.6 Å². The Kier molecular flexibility index (Phi) is 5.19. The van der Waals surface area contributed by atoms with Crippen molar-refractivity contribution in [3.63, 3.8) is 0 Å². The predicted molar refractivity (Wildman–Crippen MR) is 121 cm³/mol. The van der Waals surface area contributed by atoms with Gasteiger partial charge in [-0.25, -0.2) is 0 Å². The highest BCUT2D eigenvalue weighted by Crippen LogP contribution is 2.24. The molecule has 6 heteroatoms. The summed E-state index contributed by atoms with van der Waals surface area (Å²) in [5.41, 5.74) is 5.65. The minimum Gasteiger partial charge on any atom is -0.367 e. The molecule has 0 saturated heterocycles. The predicted octanol–water partition coefficient (Wildman–Crippen LogP) is 4.14. The van der Waals surface area contributed by atoms with Crippen molar-refractivity contribution in [1.29, 1.82) is 0 Å². The van der Waals surface area contributed by atoms with Crippen molar-refractivity contribution in [2.75, 3.05) is 16.8 Å². The largest absolute Gasteiger partial charge is 0.367 e. The van der Waals surface area contributed by atoms with Gasteiger partial charge in [0.15, 0.2) is 5.82 Å². The number of nitrogens with one attached hydrogen (secondary N) is 1. The van der Waals surface area contributed by atoms with Gasteiger partial charge in [0.25, 0.3) is 5.91 Å². The quantitative estimate of drug-likeness (QED) is 0.538. The zero-order chi connectivity index (χ0) is 21.0. The first kappa shape index (κ1) is 19.1. The molecule has 3 heterocycles. The standard InChI is InChI=1S/C25H23N5O/c31-25(27-24-12-16-30(28-24)17-19-9-13-26-14-10-19)21-5-7-23(8-6-21)29-15-11-20-3-1-2-4-22(20)18-29/h1-10,12-14,16H,11,15,17-18H2,(H,27,28,31). The number of aromatic nitrogens is 3. The van der Waals surface area contributed by atoms with E-state index in [0.717, 1.165) is 30.8 Å². The lowest BCUT2D eigenvalue weighted by atomic mass is 9.99. The van der Waals surface area contributed by atoms with Gasteiger partial charge >= 0.3 is 0 Å². The molecule has 0 unspecified atom stereocenters. The third-order valence-corrected chi connectivity index (χ3v) is 5.60. The number of anilines is 2.